The van der Waals surface area contributed by atoms with Crippen molar-refractivity contribution in [3.8, 4) is 0 Å². The zero-order valence-electron chi connectivity index (χ0n) is 12.2. The smallest absolute Gasteiger partial charge is 0.0713 e. The fourth-order valence-corrected chi connectivity index (χ4v) is 2.68. The standard InChI is InChI=1S/C16H26N2O/c1-18-8-6-14(7-9-18)11-17-12-15-4-3-5-16(10-15)13-19-2/h3-5,10,14,17H,6-9,11-13H2,1-2H3. The SMILES string of the molecule is COCc1cccc(CNCC2CCN(C)CC2)c1. The molecule has 2 rings (SSSR count). The number of likely N-dealkylation sites (tertiary alicyclic amines) is 1. The summed E-state index contributed by atoms with van der Waals surface area (Å²) in [7, 11) is 3.95. The zero-order valence-corrected chi connectivity index (χ0v) is 12.2. The first-order valence-corrected chi connectivity index (χ1v) is 7.24. The van der Waals surface area contributed by atoms with Gasteiger partial charge in [-0.2, -0.15) is 0 Å². The summed E-state index contributed by atoms with van der Waals surface area (Å²) in [5.41, 5.74) is 2.60. The first kappa shape index (κ1) is 14.5. The number of methoxy groups -OCH3 is 1. The molecule has 1 aliphatic heterocycles. The highest BCUT2D eigenvalue weighted by Crippen LogP contribution is 2.15. The van der Waals surface area contributed by atoms with Gasteiger partial charge in [0.1, 0.15) is 0 Å². The van der Waals surface area contributed by atoms with Gasteiger partial charge in [0.05, 0.1) is 6.61 Å². The summed E-state index contributed by atoms with van der Waals surface area (Å²) in [6.07, 6.45) is 2.65. The third kappa shape index (κ3) is 4.94. The van der Waals surface area contributed by atoms with E-state index in [0.29, 0.717) is 6.61 Å². The summed E-state index contributed by atoms with van der Waals surface area (Å²) in [5.74, 6) is 0.846. The van der Waals surface area contributed by atoms with Crippen LogP contribution < -0.4 is 5.32 Å². The van der Waals surface area contributed by atoms with Crippen molar-refractivity contribution in [2.75, 3.05) is 33.8 Å². The zero-order chi connectivity index (χ0) is 13.5. The summed E-state index contributed by atoms with van der Waals surface area (Å²) < 4.78 is 5.17. The normalized spacial score (nSPS) is 17.8. The van der Waals surface area contributed by atoms with E-state index in [-0.39, 0.29) is 0 Å². The van der Waals surface area contributed by atoms with Crippen LogP contribution in [0.1, 0.15) is 24.0 Å². The maximum absolute atomic E-state index is 5.17. The molecule has 0 aliphatic carbocycles. The van der Waals surface area contributed by atoms with Gasteiger partial charge in [0, 0.05) is 13.7 Å². The topological polar surface area (TPSA) is 24.5 Å². The van der Waals surface area contributed by atoms with Crippen molar-refractivity contribution in [1.29, 1.82) is 0 Å². The second kappa shape index (κ2) is 7.63. The summed E-state index contributed by atoms with van der Waals surface area (Å²) in [6, 6.07) is 8.64. The minimum Gasteiger partial charge on any atom is -0.380 e. The van der Waals surface area contributed by atoms with Crippen LogP contribution >= 0.6 is 0 Å². The third-order valence-corrected chi connectivity index (χ3v) is 3.90. The van der Waals surface area contributed by atoms with Crippen LogP contribution in [0.3, 0.4) is 0 Å². The Labute approximate surface area is 116 Å². The summed E-state index contributed by atoms with van der Waals surface area (Å²) >= 11 is 0. The first-order chi connectivity index (χ1) is 9.28. The van der Waals surface area contributed by atoms with E-state index in [9.17, 15) is 0 Å². The molecule has 106 valence electrons. The van der Waals surface area contributed by atoms with Crippen molar-refractivity contribution in [3.63, 3.8) is 0 Å². The van der Waals surface area contributed by atoms with Gasteiger partial charge >= 0.3 is 0 Å². The van der Waals surface area contributed by atoms with Gasteiger partial charge in [0.2, 0.25) is 0 Å². The average molecular weight is 262 g/mol. The molecule has 0 amide bonds. The molecular formula is C16H26N2O. The van der Waals surface area contributed by atoms with Crippen LogP contribution in [-0.2, 0) is 17.9 Å². The van der Waals surface area contributed by atoms with Crippen LogP contribution in [0.4, 0.5) is 0 Å². The Morgan fingerprint density at radius 1 is 1.26 bits per heavy atom. The van der Waals surface area contributed by atoms with Crippen LogP contribution in [0.5, 0.6) is 0 Å². The molecule has 1 aliphatic rings. The molecule has 0 radical (unpaired) electrons. The Balaban J connectivity index is 1.71. The molecule has 0 unspecified atom stereocenters. The molecule has 0 bridgehead atoms. The van der Waals surface area contributed by atoms with E-state index >= 15 is 0 Å². The van der Waals surface area contributed by atoms with E-state index in [4.69, 9.17) is 4.74 Å². The van der Waals surface area contributed by atoms with E-state index in [2.05, 4.69) is 41.5 Å². The number of rotatable bonds is 6. The van der Waals surface area contributed by atoms with Crippen molar-refractivity contribution in [2.24, 2.45) is 5.92 Å². The van der Waals surface area contributed by atoms with Gasteiger partial charge < -0.3 is 15.0 Å². The lowest BCUT2D eigenvalue weighted by Gasteiger charge is -2.29. The average Bonchev–Trinajstić information content (AvgIpc) is 2.42. The number of hydrogen-bond acceptors (Lipinski definition) is 3. The Bertz CT molecular complexity index is 373. The summed E-state index contributed by atoms with van der Waals surface area (Å²) in [6.45, 7) is 5.29. The minimum absolute atomic E-state index is 0.697. The predicted octanol–water partition coefficient (Wildman–Crippen LogP) is 2.26. The van der Waals surface area contributed by atoms with Gasteiger partial charge in [-0.1, -0.05) is 24.3 Å². The quantitative estimate of drug-likeness (QED) is 0.851. The van der Waals surface area contributed by atoms with Crippen molar-refractivity contribution >= 4 is 0 Å². The van der Waals surface area contributed by atoms with Crippen molar-refractivity contribution < 1.29 is 4.74 Å². The molecule has 0 saturated carbocycles. The molecule has 0 atom stereocenters. The molecule has 1 aromatic rings. The van der Waals surface area contributed by atoms with Gasteiger partial charge in [0.25, 0.3) is 0 Å². The second-order valence-corrected chi connectivity index (χ2v) is 5.63. The second-order valence-electron chi connectivity index (χ2n) is 5.63. The Morgan fingerprint density at radius 3 is 2.74 bits per heavy atom. The molecule has 3 heteroatoms. The predicted molar refractivity (Wildman–Crippen MR) is 79.1 cm³/mol. The van der Waals surface area contributed by atoms with Crippen molar-refractivity contribution in [3.05, 3.63) is 35.4 Å². The molecule has 0 aromatic heterocycles. The van der Waals surface area contributed by atoms with Crippen molar-refractivity contribution in [1.82, 2.24) is 10.2 Å². The maximum Gasteiger partial charge on any atom is 0.0713 e. The molecule has 0 spiro atoms. The van der Waals surface area contributed by atoms with E-state index < -0.39 is 0 Å². The number of ether oxygens (including phenoxy) is 1. The van der Waals surface area contributed by atoms with Gasteiger partial charge in [-0.15, -0.1) is 0 Å². The van der Waals surface area contributed by atoms with Gasteiger partial charge in [0.15, 0.2) is 0 Å². The number of benzene rings is 1. The highest BCUT2D eigenvalue weighted by Gasteiger charge is 2.15. The fraction of sp³-hybridized carbons (Fsp3) is 0.625. The lowest BCUT2D eigenvalue weighted by molar-refractivity contribution is 0.185. The number of hydrogen-bond donors (Lipinski definition) is 1. The van der Waals surface area contributed by atoms with Crippen LogP contribution in [-0.4, -0.2) is 38.7 Å². The third-order valence-electron chi connectivity index (χ3n) is 3.90. The first-order valence-electron chi connectivity index (χ1n) is 7.24. The van der Waals surface area contributed by atoms with Gasteiger partial charge in [-0.3, -0.25) is 0 Å². The monoisotopic (exact) mass is 262 g/mol. The fourth-order valence-electron chi connectivity index (χ4n) is 2.68. The molecular weight excluding hydrogens is 236 g/mol. The minimum atomic E-state index is 0.697. The van der Waals surface area contributed by atoms with E-state index in [1.165, 1.54) is 37.1 Å². The Morgan fingerprint density at radius 2 is 2.00 bits per heavy atom. The Hall–Kier alpha value is -0.900. The molecule has 3 nitrogen and oxygen atoms in total. The summed E-state index contributed by atoms with van der Waals surface area (Å²) in [5, 5.41) is 3.60. The molecule has 1 aromatic carbocycles. The molecule has 1 saturated heterocycles. The van der Waals surface area contributed by atoms with Crippen LogP contribution in [0.25, 0.3) is 0 Å². The van der Waals surface area contributed by atoms with Crippen LogP contribution in [0.2, 0.25) is 0 Å². The van der Waals surface area contributed by atoms with E-state index in [1.54, 1.807) is 7.11 Å². The van der Waals surface area contributed by atoms with E-state index in [1.807, 2.05) is 0 Å². The number of nitrogens with one attached hydrogen (secondary N) is 1. The molecule has 1 heterocycles. The van der Waals surface area contributed by atoms with Gasteiger partial charge in [-0.05, 0) is 56.6 Å². The molecule has 19 heavy (non-hydrogen) atoms. The maximum atomic E-state index is 5.17. The molecule has 1 N–H and O–H groups in total. The Kier molecular flexibility index (Phi) is 5.83. The largest absolute Gasteiger partial charge is 0.380 e. The molecule has 1 fully saturated rings. The lowest BCUT2D eigenvalue weighted by Crippen LogP contribution is -2.34. The lowest BCUT2D eigenvalue weighted by atomic mass is 9.97. The highest BCUT2D eigenvalue weighted by molar-refractivity contribution is 5.22. The van der Waals surface area contributed by atoms with Crippen LogP contribution in [0.15, 0.2) is 24.3 Å². The highest BCUT2D eigenvalue weighted by atomic mass is 16.5. The van der Waals surface area contributed by atoms with E-state index in [0.717, 1.165) is 19.0 Å². The number of nitrogens with zero attached hydrogens (tertiary/aromatic N) is 1. The number of piperidine rings is 1. The van der Waals surface area contributed by atoms with Gasteiger partial charge in [-0.25, -0.2) is 0 Å². The van der Waals surface area contributed by atoms with Crippen molar-refractivity contribution in [2.45, 2.75) is 26.0 Å². The van der Waals surface area contributed by atoms with Crippen LogP contribution in [0, 0.1) is 5.92 Å². The summed E-state index contributed by atoms with van der Waals surface area (Å²) in [4.78, 5) is 2.42.